The lowest BCUT2D eigenvalue weighted by molar-refractivity contribution is -0.115. The number of benzene rings is 2. The molecule has 4 nitrogen and oxygen atoms in total. The largest absolute Gasteiger partial charge is 0.343 e. The number of carbonyl (C=O) groups is 2. The van der Waals surface area contributed by atoms with Crippen LogP contribution in [0, 0.1) is 17.5 Å². The lowest BCUT2D eigenvalue weighted by atomic mass is 10.2. The molecule has 2 amide bonds. The SMILES string of the molecule is O=C(CNC(=O)c1ccc(F)c(F)c1F)Nc1c(Cl)cccc1Cl. The van der Waals surface area contributed by atoms with E-state index in [0.29, 0.717) is 6.07 Å². The predicted molar refractivity (Wildman–Crippen MR) is 83.7 cm³/mol. The van der Waals surface area contributed by atoms with Gasteiger partial charge in [0.2, 0.25) is 5.91 Å². The zero-order valence-electron chi connectivity index (χ0n) is 11.8. The van der Waals surface area contributed by atoms with Crippen LogP contribution in [0.25, 0.3) is 0 Å². The molecule has 2 N–H and O–H groups in total. The molecule has 9 heteroatoms. The summed E-state index contributed by atoms with van der Waals surface area (Å²) >= 11 is 11.7. The molecule has 0 aliphatic rings. The van der Waals surface area contributed by atoms with E-state index in [9.17, 15) is 22.8 Å². The van der Waals surface area contributed by atoms with Crippen LogP contribution in [-0.4, -0.2) is 18.4 Å². The molecular formula is C15H9Cl2F3N2O2. The summed E-state index contributed by atoms with van der Waals surface area (Å²) in [5.41, 5.74) is -0.573. The molecule has 0 aliphatic heterocycles. The number of amides is 2. The first kappa shape index (κ1) is 18.1. The first-order chi connectivity index (χ1) is 11.3. The molecule has 2 aromatic rings. The van der Waals surface area contributed by atoms with Crippen molar-refractivity contribution in [3.8, 4) is 0 Å². The maximum Gasteiger partial charge on any atom is 0.254 e. The molecule has 126 valence electrons. The molecule has 2 rings (SSSR count). The molecule has 0 saturated heterocycles. The highest BCUT2D eigenvalue weighted by Gasteiger charge is 2.19. The Balaban J connectivity index is 2.02. The smallest absolute Gasteiger partial charge is 0.254 e. The number of para-hydroxylation sites is 1. The van der Waals surface area contributed by atoms with Crippen LogP contribution in [0.1, 0.15) is 10.4 Å². The van der Waals surface area contributed by atoms with E-state index >= 15 is 0 Å². The van der Waals surface area contributed by atoms with Gasteiger partial charge in [-0.1, -0.05) is 29.3 Å². The standard InChI is InChI=1S/C15H9Cl2F3N2O2/c16-8-2-1-3-9(17)14(8)22-11(23)6-21-15(24)7-4-5-10(18)13(20)12(7)19/h1-5H,6H2,(H,21,24)(H,22,23). The summed E-state index contributed by atoms with van der Waals surface area (Å²) in [5, 5.41) is 4.83. The molecule has 0 radical (unpaired) electrons. The summed E-state index contributed by atoms with van der Waals surface area (Å²) in [6.45, 7) is -0.557. The van der Waals surface area contributed by atoms with E-state index in [1.165, 1.54) is 12.1 Å². The number of hydrogen-bond acceptors (Lipinski definition) is 2. The number of hydrogen-bond donors (Lipinski definition) is 2. The zero-order chi connectivity index (χ0) is 17.9. The van der Waals surface area contributed by atoms with Gasteiger partial charge in [-0.05, 0) is 24.3 Å². The number of rotatable bonds is 4. The van der Waals surface area contributed by atoms with Crippen molar-refractivity contribution in [2.45, 2.75) is 0 Å². The Labute approximate surface area is 144 Å². The van der Waals surface area contributed by atoms with E-state index in [2.05, 4.69) is 10.6 Å². The van der Waals surface area contributed by atoms with Gasteiger partial charge in [0.15, 0.2) is 17.5 Å². The molecule has 2 aromatic carbocycles. The number of nitrogens with one attached hydrogen (secondary N) is 2. The van der Waals surface area contributed by atoms with E-state index in [4.69, 9.17) is 23.2 Å². The minimum Gasteiger partial charge on any atom is -0.343 e. The molecular weight excluding hydrogens is 368 g/mol. The molecule has 0 saturated carbocycles. The molecule has 0 bridgehead atoms. The van der Waals surface area contributed by atoms with E-state index in [1.54, 1.807) is 6.07 Å². The second-order valence-electron chi connectivity index (χ2n) is 4.55. The predicted octanol–water partition coefficient (Wildman–Crippen LogP) is 3.78. The van der Waals surface area contributed by atoms with Gasteiger partial charge in [-0.2, -0.15) is 0 Å². The fourth-order valence-electron chi connectivity index (χ4n) is 1.76. The van der Waals surface area contributed by atoms with Crippen LogP contribution in [0.15, 0.2) is 30.3 Å². The van der Waals surface area contributed by atoms with Gasteiger partial charge in [0.05, 0.1) is 27.8 Å². The molecule has 0 unspecified atom stereocenters. The third kappa shape index (κ3) is 3.98. The maximum absolute atomic E-state index is 13.5. The van der Waals surface area contributed by atoms with Crippen molar-refractivity contribution in [1.82, 2.24) is 5.32 Å². The van der Waals surface area contributed by atoms with E-state index in [-0.39, 0.29) is 15.7 Å². The first-order valence-corrected chi connectivity index (χ1v) is 7.22. The van der Waals surface area contributed by atoms with Crippen LogP contribution < -0.4 is 10.6 Å². The molecule has 0 spiro atoms. The molecule has 0 fully saturated rings. The van der Waals surface area contributed by atoms with Gasteiger partial charge in [-0.15, -0.1) is 0 Å². The molecule has 0 aliphatic carbocycles. The van der Waals surface area contributed by atoms with Gasteiger partial charge in [0, 0.05) is 0 Å². The van der Waals surface area contributed by atoms with Crippen LogP contribution in [0.5, 0.6) is 0 Å². The highest BCUT2D eigenvalue weighted by Crippen LogP contribution is 2.29. The molecule has 0 heterocycles. The summed E-state index contributed by atoms with van der Waals surface area (Å²) in [6, 6.07) is 5.95. The second-order valence-corrected chi connectivity index (χ2v) is 5.36. The summed E-state index contributed by atoms with van der Waals surface area (Å²) in [6.07, 6.45) is 0. The van der Waals surface area contributed by atoms with Crippen molar-refractivity contribution < 1.29 is 22.8 Å². The second kappa shape index (κ2) is 7.55. The van der Waals surface area contributed by atoms with Crippen molar-refractivity contribution >= 4 is 40.7 Å². The van der Waals surface area contributed by atoms with Crippen LogP contribution >= 0.6 is 23.2 Å². The minimum atomic E-state index is -1.77. The Kier molecular flexibility index (Phi) is 5.69. The normalized spacial score (nSPS) is 10.4. The quantitative estimate of drug-likeness (QED) is 0.797. The van der Waals surface area contributed by atoms with Gasteiger partial charge in [-0.3, -0.25) is 9.59 Å². The van der Waals surface area contributed by atoms with Crippen molar-refractivity contribution in [1.29, 1.82) is 0 Å². The third-order valence-corrected chi connectivity index (χ3v) is 3.55. The van der Waals surface area contributed by atoms with Crippen molar-refractivity contribution in [2.24, 2.45) is 0 Å². The third-order valence-electron chi connectivity index (χ3n) is 2.92. The van der Waals surface area contributed by atoms with Gasteiger partial charge >= 0.3 is 0 Å². The Hall–Kier alpha value is -2.25. The minimum absolute atomic E-state index is 0.152. The topological polar surface area (TPSA) is 58.2 Å². The van der Waals surface area contributed by atoms with Crippen LogP contribution in [-0.2, 0) is 4.79 Å². The van der Waals surface area contributed by atoms with Crippen molar-refractivity contribution in [3.63, 3.8) is 0 Å². The van der Waals surface area contributed by atoms with Crippen LogP contribution in [0.3, 0.4) is 0 Å². The van der Waals surface area contributed by atoms with E-state index in [1.807, 2.05) is 0 Å². The van der Waals surface area contributed by atoms with Gasteiger partial charge in [-0.25, -0.2) is 13.2 Å². The van der Waals surface area contributed by atoms with Crippen LogP contribution in [0.4, 0.5) is 18.9 Å². The summed E-state index contributed by atoms with van der Waals surface area (Å²) < 4.78 is 39.4. The summed E-state index contributed by atoms with van der Waals surface area (Å²) in [4.78, 5) is 23.5. The highest BCUT2D eigenvalue weighted by atomic mass is 35.5. The van der Waals surface area contributed by atoms with Gasteiger partial charge in [0.1, 0.15) is 0 Å². The van der Waals surface area contributed by atoms with E-state index < -0.39 is 41.4 Å². The Bertz CT molecular complexity index is 795. The van der Waals surface area contributed by atoms with E-state index in [0.717, 1.165) is 6.07 Å². The average molecular weight is 377 g/mol. The van der Waals surface area contributed by atoms with Crippen molar-refractivity contribution in [3.05, 3.63) is 63.4 Å². The molecule has 0 aromatic heterocycles. The Morgan fingerprint density at radius 3 is 2.21 bits per heavy atom. The number of halogens is 5. The average Bonchev–Trinajstić information content (AvgIpc) is 2.54. The summed E-state index contributed by atoms with van der Waals surface area (Å²) in [7, 11) is 0. The van der Waals surface area contributed by atoms with Crippen molar-refractivity contribution in [2.75, 3.05) is 11.9 Å². The van der Waals surface area contributed by atoms with Gasteiger partial charge < -0.3 is 10.6 Å². The Morgan fingerprint density at radius 2 is 1.58 bits per heavy atom. The lowest BCUT2D eigenvalue weighted by Crippen LogP contribution is -2.33. The first-order valence-electron chi connectivity index (χ1n) is 6.46. The Morgan fingerprint density at radius 1 is 0.958 bits per heavy atom. The molecule has 0 atom stereocenters. The highest BCUT2D eigenvalue weighted by molar-refractivity contribution is 6.39. The van der Waals surface area contributed by atoms with Crippen LogP contribution in [0.2, 0.25) is 10.0 Å². The lowest BCUT2D eigenvalue weighted by Gasteiger charge is -2.10. The maximum atomic E-state index is 13.5. The fourth-order valence-corrected chi connectivity index (χ4v) is 2.25. The fraction of sp³-hybridized carbons (Fsp3) is 0.0667. The monoisotopic (exact) mass is 376 g/mol. The number of anilines is 1. The summed E-state index contributed by atoms with van der Waals surface area (Å²) in [5.74, 6) is -6.60. The zero-order valence-corrected chi connectivity index (χ0v) is 13.3. The number of carbonyl (C=O) groups excluding carboxylic acids is 2. The molecule has 24 heavy (non-hydrogen) atoms. The van der Waals surface area contributed by atoms with Gasteiger partial charge in [0.25, 0.3) is 5.91 Å².